The molecule has 1 amide bonds. The molecule has 1 heterocycles. The monoisotopic (exact) mass is 330 g/mol. The molecule has 1 N–H and O–H groups in total. The summed E-state index contributed by atoms with van der Waals surface area (Å²) in [6, 6.07) is 12.1. The van der Waals surface area contributed by atoms with Gasteiger partial charge in [-0.15, -0.1) is 0 Å². The van der Waals surface area contributed by atoms with Crippen LogP contribution in [-0.2, 0) is 11.2 Å². The minimum atomic E-state index is 0.0292. The van der Waals surface area contributed by atoms with E-state index in [4.69, 9.17) is 0 Å². The van der Waals surface area contributed by atoms with Gasteiger partial charge in [-0.3, -0.25) is 4.79 Å². The highest BCUT2D eigenvalue weighted by atomic mass is 79.9. The maximum atomic E-state index is 12.1. The number of carbonyl (C=O) groups is 1. The average Bonchev–Trinajstić information content (AvgIpc) is 2.85. The molecule has 0 spiro atoms. The normalized spacial score (nSPS) is 16.8. The van der Waals surface area contributed by atoms with Crippen molar-refractivity contribution < 1.29 is 4.79 Å². The van der Waals surface area contributed by atoms with E-state index in [1.807, 2.05) is 12.1 Å². The zero-order valence-electron chi connectivity index (χ0n) is 11.0. The molecular weight excluding hydrogens is 316 g/mol. The van der Waals surface area contributed by atoms with Gasteiger partial charge in [0.05, 0.1) is 0 Å². The van der Waals surface area contributed by atoms with Gasteiger partial charge in [0, 0.05) is 17.1 Å². The van der Waals surface area contributed by atoms with E-state index >= 15 is 0 Å². The Bertz CT molecular complexity index is 625. The van der Waals surface area contributed by atoms with E-state index in [1.165, 1.54) is 11.1 Å². The molecule has 0 fully saturated rings. The van der Waals surface area contributed by atoms with Crippen LogP contribution in [0.5, 0.6) is 0 Å². The van der Waals surface area contributed by atoms with Crippen molar-refractivity contribution in [3.05, 3.63) is 58.2 Å². The number of aryl methyl sites for hydroxylation is 1. The molecule has 1 aromatic heterocycles. The number of rotatable bonds is 3. The van der Waals surface area contributed by atoms with Crippen molar-refractivity contribution in [3.8, 4) is 0 Å². The summed E-state index contributed by atoms with van der Waals surface area (Å²) in [4.78, 5) is 16.3. The summed E-state index contributed by atoms with van der Waals surface area (Å²) in [6.45, 7) is 0. The van der Waals surface area contributed by atoms with Gasteiger partial charge >= 0.3 is 0 Å². The minimum absolute atomic E-state index is 0.0292. The largest absolute Gasteiger partial charge is 0.311 e. The average molecular weight is 331 g/mol. The number of benzene rings is 1. The van der Waals surface area contributed by atoms with Crippen LogP contribution >= 0.6 is 15.9 Å². The van der Waals surface area contributed by atoms with E-state index in [-0.39, 0.29) is 5.91 Å². The van der Waals surface area contributed by atoms with Gasteiger partial charge in [-0.1, -0.05) is 24.3 Å². The highest BCUT2D eigenvalue weighted by molar-refractivity contribution is 9.10. The van der Waals surface area contributed by atoms with E-state index in [1.54, 1.807) is 12.3 Å². The highest BCUT2D eigenvalue weighted by Crippen LogP contribution is 2.35. The number of nitrogens with one attached hydrogen (secondary N) is 1. The lowest BCUT2D eigenvalue weighted by atomic mass is 9.97. The fraction of sp³-hybridized carbons (Fsp3) is 0.250. The number of fused-ring (bicyclic) bond motifs is 1. The predicted octanol–water partition coefficient (Wildman–Crippen LogP) is 3.90. The number of nitrogens with zero attached hydrogens (tertiary/aromatic N) is 1. The summed E-state index contributed by atoms with van der Waals surface area (Å²) in [5.74, 6) is 0.965. The van der Waals surface area contributed by atoms with Crippen molar-refractivity contribution in [2.24, 2.45) is 0 Å². The molecular formula is C16H15BrN2O. The molecule has 2 aromatic rings. The molecule has 1 aliphatic rings. The quantitative estimate of drug-likeness (QED) is 0.927. The summed E-state index contributed by atoms with van der Waals surface area (Å²) >= 11 is 3.33. The molecule has 3 rings (SSSR count). The lowest BCUT2D eigenvalue weighted by molar-refractivity contribution is -0.116. The second kappa shape index (κ2) is 5.75. The number of pyridine rings is 1. The van der Waals surface area contributed by atoms with Gasteiger partial charge in [-0.05, 0) is 57.9 Å². The Morgan fingerprint density at radius 2 is 2.15 bits per heavy atom. The Kier molecular flexibility index (Phi) is 3.83. The maximum Gasteiger partial charge on any atom is 0.226 e. The molecule has 0 saturated heterocycles. The van der Waals surface area contributed by atoms with Crippen LogP contribution in [0.1, 0.15) is 29.9 Å². The molecule has 0 saturated carbocycles. The Hall–Kier alpha value is -1.68. The first-order chi connectivity index (χ1) is 9.72. The lowest BCUT2D eigenvalue weighted by Crippen LogP contribution is -2.15. The van der Waals surface area contributed by atoms with Crippen LogP contribution in [0.15, 0.2) is 47.1 Å². The van der Waals surface area contributed by atoms with E-state index in [2.05, 4.69) is 44.4 Å². The van der Waals surface area contributed by atoms with Gasteiger partial charge in [0.25, 0.3) is 0 Å². The van der Waals surface area contributed by atoms with Crippen LogP contribution in [0, 0.1) is 0 Å². The Labute approximate surface area is 126 Å². The Morgan fingerprint density at radius 3 is 2.95 bits per heavy atom. The molecule has 1 aromatic carbocycles. The van der Waals surface area contributed by atoms with Crippen LogP contribution in [-0.4, -0.2) is 10.9 Å². The van der Waals surface area contributed by atoms with Gasteiger partial charge in [0.1, 0.15) is 5.82 Å². The smallest absolute Gasteiger partial charge is 0.226 e. The fourth-order valence-corrected chi connectivity index (χ4v) is 2.96. The van der Waals surface area contributed by atoms with Crippen molar-refractivity contribution in [2.45, 2.75) is 25.2 Å². The molecule has 1 aliphatic carbocycles. The van der Waals surface area contributed by atoms with Gasteiger partial charge in [0.2, 0.25) is 5.91 Å². The second-order valence-corrected chi connectivity index (χ2v) is 5.96. The molecule has 3 nitrogen and oxygen atoms in total. The number of halogens is 1. The summed E-state index contributed by atoms with van der Waals surface area (Å²) in [5, 5.41) is 2.86. The predicted molar refractivity (Wildman–Crippen MR) is 82.7 cm³/mol. The summed E-state index contributed by atoms with van der Waals surface area (Å²) in [6.07, 6.45) is 4.33. The van der Waals surface area contributed by atoms with Crippen LogP contribution in [0.2, 0.25) is 0 Å². The standard InChI is InChI=1S/C16H15BrN2O/c17-13-7-8-15(18-10-13)19-16(20)9-12-6-5-11-3-1-2-4-14(11)12/h1-4,7-8,10,12H,5-6,9H2,(H,18,19,20). The zero-order chi connectivity index (χ0) is 13.9. The van der Waals surface area contributed by atoms with Gasteiger partial charge < -0.3 is 5.32 Å². The first kappa shape index (κ1) is 13.3. The van der Waals surface area contributed by atoms with Crippen LogP contribution in [0.25, 0.3) is 0 Å². The molecule has 20 heavy (non-hydrogen) atoms. The van der Waals surface area contributed by atoms with E-state index < -0.39 is 0 Å². The SMILES string of the molecule is O=C(CC1CCc2ccccc21)Nc1ccc(Br)cn1. The Morgan fingerprint density at radius 1 is 1.30 bits per heavy atom. The van der Waals surface area contributed by atoms with E-state index in [0.717, 1.165) is 17.3 Å². The van der Waals surface area contributed by atoms with Crippen LogP contribution in [0.4, 0.5) is 5.82 Å². The second-order valence-electron chi connectivity index (χ2n) is 5.05. The van der Waals surface area contributed by atoms with Gasteiger partial charge in [0.15, 0.2) is 0 Å². The summed E-state index contributed by atoms with van der Waals surface area (Å²) < 4.78 is 0.903. The van der Waals surface area contributed by atoms with Gasteiger partial charge in [-0.25, -0.2) is 4.98 Å². The molecule has 0 aliphatic heterocycles. The van der Waals surface area contributed by atoms with Crippen LogP contribution in [0.3, 0.4) is 0 Å². The van der Waals surface area contributed by atoms with Crippen LogP contribution < -0.4 is 5.32 Å². The molecule has 1 atom stereocenters. The van der Waals surface area contributed by atoms with Crippen molar-refractivity contribution in [1.29, 1.82) is 0 Å². The van der Waals surface area contributed by atoms with E-state index in [9.17, 15) is 4.79 Å². The number of hydrogen-bond donors (Lipinski definition) is 1. The molecule has 1 unspecified atom stereocenters. The van der Waals surface area contributed by atoms with Crippen molar-refractivity contribution in [3.63, 3.8) is 0 Å². The van der Waals surface area contributed by atoms with Crippen molar-refractivity contribution in [1.82, 2.24) is 4.98 Å². The van der Waals surface area contributed by atoms with Crippen molar-refractivity contribution in [2.75, 3.05) is 5.32 Å². The van der Waals surface area contributed by atoms with E-state index in [0.29, 0.717) is 18.2 Å². The third-order valence-corrected chi connectivity index (χ3v) is 4.15. The first-order valence-corrected chi connectivity index (χ1v) is 7.51. The number of amides is 1. The highest BCUT2D eigenvalue weighted by Gasteiger charge is 2.24. The minimum Gasteiger partial charge on any atom is -0.311 e. The van der Waals surface area contributed by atoms with Crippen molar-refractivity contribution >= 4 is 27.7 Å². The molecule has 102 valence electrons. The number of anilines is 1. The zero-order valence-corrected chi connectivity index (χ0v) is 12.6. The maximum absolute atomic E-state index is 12.1. The topological polar surface area (TPSA) is 42.0 Å². The number of carbonyl (C=O) groups excluding carboxylic acids is 1. The third-order valence-electron chi connectivity index (χ3n) is 3.68. The molecule has 0 radical (unpaired) electrons. The number of aromatic nitrogens is 1. The fourth-order valence-electron chi connectivity index (χ4n) is 2.72. The Balaban J connectivity index is 1.64. The third kappa shape index (κ3) is 2.90. The summed E-state index contributed by atoms with van der Waals surface area (Å²) in [5.41, 5.74) is 2.71. The number of hydrogen-bond acceptors (Lipinski definition) is 2. The lowest BCUT2D eigenvalue weighted by Gasteiger charge is -2.11. The van der Waals surface area contributed by atoms with Gasteiger partial charge in [-0.2, -0.15) is 0 Å². The molecule has 0 bridgehead atoms. The first-order valence-electron chi connectivity index (χ1n) is 6.71. The summed E-state index contributed by atoms with van der Waals surface area (Å²) in [7, 11) is 0. The molecule has 4 heteroatoms.